The van der Waals surface area contributed by atoms with Gasteiger partial charge in [0.05, 0.1) is 0 Å². The first-order valence-corrected chi connectivity index (χ1v) is 8.23. The van der Waals surface area contributed by atoms with Crippen LogP contribution in [0.4, 0.5) is 5.13 Å². The number of anilines is 1. The number of thiazole rings is 1. The molecule has 0 radical (unpaired) electrons. The van der Waals surface area contributed by atoms with Crippen molar-refractivity contribution in [3.63, 3.8) is 0 Å². The van der Waals surface area contributed by atoms with Gasteiger partial charge in [-0.3, -0.25) is 14.4 Å². The van der Waals surface area contributed by atoms with E-state index in [2.05, 4.69) is 10.3 Å². The Hall–Kier alpha value is -1.56. The van der Waals surface area contributed by atoms with E-state index in [0.29, 0.717) is 29.5 Å². The van der Waals surface area contributed by atoms with E-state index in [1.807, 2.05) is 0 Å². The number of aromatic nitrogens is 1. The number of hydrogen-bond donors (Lipinski definition) is 1. The number of nitrogens with one attached hydrogen (secondary N) is 1. The smallest absolute Gasteiger partial charge is 0.229 e. The Morgan fingerprint density at radius 3 is 2.52 bits per heavy atom. The Morgan fingerprint density at radius 2 is 1.95 bits per heavy atom. The lowest BCUT2D eigenvalue weighted by atomic mass is 9.67. The standard InChI is InChI=1S/C15H18N2O3S/c1-8(18)12-7-21-15(16-12)17-14(20)11-5-9-3-2-4-10(6-11)13(9)19/h7,9-11H,2-6H2,1H3,(H,16,17,20). The van der Waals surface area contributed by atoms with Crippen molar-refractivity contribution in [2.24, 2.45) is 17.8 Å². The zero-order valence-corrected chi connectivity index (χ0v) is 12.7. The van der Waals surface area contributed by atoms with Crippen molar-refractivity contribution < 1.29 is 14.4 Å². The summed E-state index contributed by atoms with van der Waals surface area (Å²) >= 11 is 1.26. The highest BCUT2D eigenvalue weighted by atomic mass is 32.1. The van der Waals surface area contributed by atoms with Gasteiger partial charge in [0.2, 0.25) is 5.91 Å². The van der Waals surface area contributed by atoms with Gasteiger partial charge in [0.25, 0.3) is 0 Å². The molecule has 2 aliphatic rings. The van der Waals surface area contributed by atoms with E-state index in [-0.39, 0.29) is 29.4 Å². The third kappa shape index (κ3) is 2.90. The van der Waals surface area contributed by atoms with Gasteiger partial charge in [-0.05, 0) is 25.7 Å². The summed E-state index contributed by atoms with van der Waals surface area (Å²) in [5, 5.41) is 4.91. The van der Waals surface area contributed by atoms with Gasteiger partial charge in [-0.2, -0.15) is 0 Å². The third-order valence-electron chi connectivity index (χ3n) is 4.51. The number of nitrogens with zero attached hydrogens (tertiary/aromatic N) is 1. The fourth-order valence-electron chi connectivity index (χ4n) is 3.39. The second-order valence-corrected chi connectivity index (χ2v) is 6.84. The molecule has 2 atom stereocenters. The van der Waals surface area contributed by atoms with E-state index in [9.17, 15) is 14.4 Å². The zero-order valence-electron chi connectivity index (χ0n) is 11.9. The molecule has 0 saturated heterocycles. The lowest BCUT2D eigenvalue weighted by Crippen LogP contribution is -2.40. The molecule has 0 aliphatic heterocycles. The average molecular weight is 306 g/mol. The second-order valence-electron chi connectivity index (χ2n) is 5.98. The van der Waals surface area contributed by atoms with Crippen molar-refractivity contribution in [2.75, 3.05) is 5.32 Å². The fourth-order valence-corrected chi connectivity index (χ4v) is 4.15. The minimum atomic E-state index is -0.109. The van der Waals surface area contributed by atoms with Gasteiger partial charge in [0, 0.05) is 30.1 Å². The molecule has 2 unspecified atom stereocenters. The van der Waals surface area contributed by atoms with Crippen LogP contribution in [0.2, 0.25) is 0 Å². The SMILES string of the molecule is CC(=O)c1csc(NC(=O)C2CC3CCCC(C2)C3=O)n1. The summed E-state index contributed by atoms with van der Waals surface area (Å²) in [5.41, 5.74) is 0.381. The van der Waals surface area contributed by atoms with E-state index >= 15 is 0 Å². The number of fused-ring (bicyclic) bond motifs is 2. The monoisotopic (exact) mass is 306 g/mol. The molecule has 1 aromatic heterocycles. The Kier molecular flexibility index (Phi) is 3.89. The predicted molar refractivity (Wildman–Crippen MR) is 79.3 cm³/mol. The van der Waals surface area contributed by atoms with Crippen molar-refractivity contribution in [1.29, 1.82) is 0 Å². The highest BCUT2D eigenvalue weighted by molar-refractivity contribution is 7.14. The van der Waals surface area contributed by atoms with Crippen LogP contribution in [0, 0.1) is 17.8 Å². The van der Waals surface area contributed by atoms with E-state index < -0.39 is 0 Å². The van der Waals surface area contributed by atoms with Gasteiger partial charge < -0.3 is 5.32 Å². The Bertz CT molecular complexity index is 579. The topological polar surface area (TPSA) is 76.1 Å². The average Bonchev–Trinajstić information content (AvgIpc) is 2.87. The van der Waals surface area contributed by atoms with Gasteiger partial charge in [-0.15, -0.1) is 11.3 Å². The quantitative estimate of drug-likeness (QED) is 0.871. The molecule has 3 rings (SSSR count). The molecule has 1 N–H and O–H groups in total. The first-order chi connectivity index (χ1) is 10.0. The molecular formula is C15H18N2O3S. The molecule has 21 heavy (non-hydrogen) atoms. The summed E-state index contributed by atoms with van der Waals surface area (Å²) in [4.78, 5) is 39.7. The third-order valence-corrected chi connectivity index (χ3v) is 5.27. The van der Waals surface area contributed by atoms with Crippen molar-refractivity contribution >= 4 is 33.9 Å². The first-order valence-electron chi connectivity index (χ1n) is 7.35. The van der Waals surface area contributed by atoms with E-state index in [1.165, 1.54) is 18.3 Å². The minimum absolute atomic E-state index is 0.0659. The van der Waals surface area contributed by atoms with Crippen LogP contribution in [0.3, 0.4) is 0 Å². The lowest BCUT2D eigenvalue weighted by molar-refractivity contribution is -0.136. The largest absolute Gasteiger partial charge is 0.302 e. The molecule has 2 aliphatic carbocycles. The summed E-state index contributed by atoms with van der Waals surface area (Å²) in [6.45, 7) is 1.45. The van der Waals surface area contributed by atoms with Gasteiger partial charge >= 0.3 is 0 Å². The van der Waals surface area contributed by atoms with Crippen molar-refractivity contribution in [1.82, 2.24) is 4.98 Å². The Morgan fingerprint density at radius 1 is 1.29 bits per heavy atom. The normalized spacial score (nSPS) is 28.2. The van der Waals surface area contributed by atoms with Gasteiger partial charge in [-0.25, -0.2) is 4.98 Å². The fraction of sp³-hybridized carbons (Fsp3) is 0.600. The van der Waals surface area contributed by atoms with Crippen LogP contribution in [0.15, 0.2) is 5.38 Å². The summed E-state index contributed by atoms with van der Waals surface area (Å²) in [6, 6.07) is 0. The number of hydrogen-bond acceptors (Lipinski definition) is 5. The van der Waals surface area contributed by atoms with Crippen molar-refractivity contribution in [3.8, 4) is 0 Å². The maximum atomic E-state index is 12.3. The molecule has 2 bridgehead atoms. The highest BCUT2D eigenvalue weighted by Crippen LogP contribution is 2.40. The predicted octanol–water partition coefficient (Wildman–Crippen LogP) is 2.68. The Balaban J connectivity index is 1.65. The number of carbonyl (C=O) groups is 3. The van der Waals surface area contributed by atoms with Crippen LogP contribution in [0.1, 0.15) is 49.5 Å². The van der Waals surface area contributed by atoms with Gasteiger partial charge in [0.1, 0.15) is 11.5 Å². The number of ketones is 2. The molecular weight excluding hydrogens is 288 g/mol. The van der Waals surface area contributed by atoms with Crippen LogP contribution in [0.25, 0.3) is 0 Å². The molecule has 2 saturated carbocycles. The molecule has 5 nitrogen and oxygen atoms in total. The number of carbonyl (C=O) groups excluding carboxylic acids is 3. The molecule has 0 spiro atoms. The number of rotatable bonds is 3. The molecule has 6 heteroatoms. The van der Waals surface area contributed by atoms with Gasteiger partial charge in [-0.1, -0.05) is 6.42 Å². The molecule has 1 heterocycles. The Labute approximate surface area is 127 Å². The summed E-state index contributed by atoms with van der Waals surface area (Å²) < 4.78 is 0. The maximum Gasteiger partial charge on any atom is 0.229 e. The zero-order chi connectivity index (χ0) is 15.0. The second kappa shape index (κ2) is 5.67. The first kappa shape index (κ1) is 14.4. The van der Waals surface area contributed by atoms with Gasteiger partial charge in [0.15, 0.2) is 10.9 Å². The number of amides is 1. The molecule has 0 aromatic carbocycles. The van der Waals surface area contributed by atoms with E-state index in [1.54, 1.807) is 5.38 Å². The molecule has 112 valence electrons. The van der Waals surface area contributed by atoms with Crippen LogP contribution in [-0.2, 0) is 9.59 Å². The van der Waals surface area contributed by atoms with E-state index in [4.69, 9.17) is 0 Å². The summed E-state index contributed by atoms with van der Waals surface area (Å²) in [6.07, 6.45) is 4.26. The maximum absolute atomic E-state index is 12.3. The lowest BCUT2D eigenvalue weighted by Gasteiger charge is -2.36. The number of Topliss-reactive ketones (excluding diaryl/α,β-unsaturated/α-hetero) is 2. The summed E-state index contributed by atoms with van der Waals surface area (Å²) in [5.74, 6) is 0.212. The van der Waals surface area contributed by atoms with Crippen molar-refractivity contribution in [3.05, 3.63) is 11.1 Å². The molecule has 2 fully saturated rings. The van der Waals surface area contributed by atoms with Crippen LogP contribution in [0.5, 0.6) is 0 Å². The van der Waals surface area contributed by atoms with E-state index in [0.717, 1.165) is 19.3 Å². The van der Waals surface area contributed by atoms with Crippen LogP contribution < -0.4 is 5.32 Å². The molecule has 1 amide bonds. The molecule has 1 aromatic rings. The highest BCUT2D eigenvalue weighted by Gasteiger charge is 2.41. The van der Waals surface area contributed by atoms with Crippen LogP contribution >= 0.6 is 11.3 Å². The minimum Gasteiger partial charge on any atom is -0.302 e. The summed E-state index contributed by atoms with van der Waals surface area (Å²) in [7, 11) is 0. The van der Waals surface area contributed by atoms with Crippen molar-refractivity contribution in [2.45, 2.75) is 39.0 Å². The van der Waals surface area contributed by atoms with Crippen LogP contribution in [-0.4, -0.2) is 22.5 Å².